The summed E-state index contributed by atoms with van der Waals surface area (Å²) in [5.41, 5.74) is -0.0241. The van der Waals surface area contributed by atoms with Crippen LogP contribution in [0.1, 0.15) is 5.69 Å². The summed E-state index contributed by atoms with van der Waals surface area (Å²) < 4.78 is 19.8. The number of hydrogen-bond acceptors (Lipinski definition) is 4. The Kier molecular flexibility index (Phi) is 3.01. The summed E-state index contributed by atoms with van der Waals surface area (Å²) >= 11 is 0. The van der Waals surface area contributed by atoms with Gasteiger partial charge in [0.05, 0.1) is 13.3 Å². The van der Waals surface area contributed by atoms with E-state index in [2.05, 4.69) is 5.10 Å². The molecule has 0 amide bonds. The Labute approximate surface area is 102 Å². The first-order chi connectivity index (χ1) is 8.52. The van der Waals surface area contributed by atoms with Crippen LogP contribution in [0.2, 0.25) is 0 Å². The number of ether oxygens (including phenoxy) is 1. The second kappa shape index (κ2) is 4.48. The zero-order valence-electron chi connectivity index (χ0n) is 9.85. The predicted octanol–water partition coefficient (Wildman–Crippen LogP) is 1.39. The van der Waals surface area contributed by atoms with Crippen molar-refractivity contribution in [2.24, 2.45) is 0 Å². The molecule has 0 aliphatic heterocycles. The molecule has 0 radical (unpaired) electrons. The lowest BCUT2D eigenvalue weighted by Crippen LogP contribution is -2.16. The molecule has 1 heterocycles. The van der Waals surface area contributed by atoms with E-state index in [9.17, 15) is 9.18 Å². The van der Waals surface area contributed by atoms with Gasteiger partial charge in [-0.25, -0.2) is 9.07 Å². The molecule has 0 atom stereocenters. The largest absolute Gasteiger partial charge is 0.508 e. The van der Waals surface area contributed by atoms with Gasteiger partial charge in [-0.1, -0.05) is 0 Å². The number of nitrogens with zero attached hydrogens (tertiary/aromatic N) is 2. The van der Waals surface area contributed by atoms with Crippen molar-refractivity contribution in [3.8, 4) is 17.2 Å². The van der Waals surface area contributed by atoms with E-state index in [0.29, 0.717) is 0 Å². The third kappa shape index (κ3) is 2.04. The molecule has 0 aliphatic carbocycles. The number of methoxy groups -OCH3 is 1. The first-order valence-corrected chi connectivity index (χ1v) is 5.16. The van der Waals surface area contributed by atoms with Crippen molar-refractivity contribution in [1.29, 1.82) is 0 Å². The van der Waals surface area contributed by atoms with Crippen molar-refractivity contribution in [3.63, 3.8) is 0 Å². The summed E-state index contributed by atoms with van der Waals surface area (Å²) in [6.07, 6.45) is 1.30. The summed E-state index contributed by atoms with van der Waals surface area (Å²) in [6.45, 7) is 1.51. The van der Waals surface area contributed by atoms with E-state index in [4.69, 9.17) is 9.84 Å². The molecule has 0 saturated heterocycles. The minimum absolute atomic E-state index is 0.0787. The van der Waals surface area contributed by atoms with Crippen LogP contribution in [0.15, 0.2) is 29.2 Å². The quantitative estimate of drug-likeness (QED) is 0.874. The molecule has 0 spiro atoms. The van der Waals surface area contributed by atoms with Crippen LogP contribution in [0.3, 0.4) is 0 Å². The number of aromatic nitrogens is 2. The maximum absolute atomic E-state index is 13.7. The SMILES string of the molecule is COc1cn(-c2ccc(O)cc2F)nc(C)c1=O. The molecule has 1 aromatic carbocycles. The lowest BCUT2D eigenvalue weighted by atomic mass is 10.3. The summed E-state index contributed by atoms with van der Waals surface area (Å²) in [6, 6.07) is 3.66. The zero-order valence-corrected chi connectivity index (χ0v) is 9.85. The van der Waals surface area contributed by atoms with E-state index >= 15 is 0 Å². The summed E-state index contributed by atoms with van der Waals surface area (Å²) in [5, 5.41) is 13.1. The van der Waals surface area contributed by atoms with Crippen LogP contribution in [0.5, 0.6) is 11.5 Å². The van der Waals surface area contributed by atoms with E-state index in [1.54, 1.807) is 0 Å². The van der Waals surface area contributed by atoms with Crippen LogP contribution in [-0.2, 0) is 0 Å². The van der Waals surface area contributed by atoms with Gasteiger partial charge in [-0.2, -0.15) is 5.10 Å². The normalized spacial score (nSPS) is 10.4. The molecule has 0 unspecified atom stereocenters. The van der Waals surface area contributed by atoms with Crippen LogP contribution >= 0.6 is 0 Å². The molecule has 2 aromatic rings. The summed E-state index contributed by atoms with van der Waals surface area (Å²) in [5.74, 6) is -0.747. The Morgan fingerprint density at radius 3 is 2.78 bits per heavy atom. The molecule has 0 fully saturated rings. The first kappa shape index (κ1) is 12.1. The van der Waals surface area contributed by atoms with Gasteiger partial charge in [0, 0.05) is 6.07 Å². The zero-order chi connectivity index (χ0) is 13.3. The van der Waals surface area contributed by atoms with Crippen molar-refractivity contribution in [3.05, 3.63) is 46.1 Å². The molecule has 5 nitrogen and oxygen atoms in total. The highest BCUT2D eigenvalue weighted by Gasteiger charge is 2.10. The predicted molar refractivity (Wildman–Crippen MR) is 62.7 cm³/mol. The lowest BCUT2D eigenvalue weighted by molar-refractivity contribution is 0.403. The molecule has 0 aliphatic rings. The summed E-state index contributed by atoms with van der Waals surface area (Å²) in [4.78, 5) is 11.6. The molecule has 1 aromatic heterocycles. The van der Waals surface area contributed by atoms with Crippen LogP contribution in [0.25, 0.3) is 5.69 Å². The smallest absolute Gasteiger partial charge is 0.244 e. The van der Waals surface area contributed by atoms with Crippen LogP contribution in [-0.4, -0.2) is 22.0 Å². The van der Waals surface area contributed by atoms with E-state index < -0.39 is 5.82 Å². The number of aromatic hydroxyl groups is 1. The maximum Gasteiger partial charge on any atom is 0.244 e. The highest BCUT2D eigenvalue weighted by molar-refractivity contribution is 5.39. The average Bonchev–Trinajstić information content (AvgIpc) is 2.32. The van der Waals surface area contributed by atoms with Gasteiger partial charge in [-0.15, -0.1) is 0 Å². The third-order valence-electron chi connectivity index (χ3n) is 2.45. The number of benzene rings is 1. The molecule has 0 bridgehead atoms. The Balaban J connectivity index is 2.64. The highest BCUT2D eigenvalue weighted by atomic mass is 19.1. The van der Waals surface area contributed by atoms with Gasteiger partial charge >= 0.3 is 0 Å². The van der Waals surface area contributed by atoms with E-state index in [-0.39, 0.29) is 28.3 Å². The van der Waals surface area contributed by atoms with E-state index in [1.165, 1.54) is 37.0 Å². The van der Waals surface area contributed by atoms with Crippen molar-refractivity contribution in [2.75, 3.05) is 7.11 Å². The second-order valence-electron chi connectivity index (χ2n) is 3.69. The van der Waals surface area contributed by atoms with Crippen molar-refractivity contribution >= 4 is 0 Å². The lowest BCUT2D eigenvalue weighted by Gasteiger charge is -2.09. The van der Waals surface area contributed by atoms with Crippen LogP contribution in [0.4, 0.5) is 4.39 Å². The minimum atomic E-state index is -0.646. The van der Waals surface area contributed by atoms with Gasteiger partial charge in [-0.3, -0.25) is 4.79 Å². The van der Waals surface area contributed by atoms with Gasteiger partial charge in [0.1, 0.15) is 17.1 Å². The number of aryl methyl sites for hydroxylation is 1. The molecular weight excluding hydrogens is 239 g/mol. The Morgan fingerprint density at radius 1 is 1.44 bits per heavy atom. The highest BCUT2D eigenvalue weighted by Crippen LogP contribution is 2.18. The van der Waals surface area contributed by atoms with Crippen molar-refractivity contribution in [2.45, 2.75) is 6.92 Å². The van der Waals surface area contributed by atoms with Gasteiger partial charge in [0.15, 0.2) is 11.6 Å². The molecule has 1 N–H and O–H groups in total. The Bertz CT molecular complexity index is 652. The number of phenolic OH excluding ortho intramolecular Hbond substituents is 1. The number of hydrogen-bond donors (Lipinski definition) is 1. The Hall–Kier alpha value is -2.37. The molecular formula is C12H11FN2O3. The standard InChI is InChI=1S/C12H11FN2O3/c1-7-12(17)11(18-2)6-15(14-7)10-4-3-8(16)5-9(10)13/h3-6,16H,1-2H3. The number of rotatable bonds is 2. The van der Waals surface area contributed by atoms with Gasteiger partial charge in [0.25, 0.3) is 0 Å². The fourth-order valence-corrected chi connectivity index (χ4v) is 1.53. The fourth-order valence-electron chi connectivity index (χ4n) is 1.53. The molecule has 6 heteroatoms. The topological polar surface area (TPSA) is 64.3 Å². The van der Waals surface area contributed by atoms with Gasteiger partial charge in [0.2, 0.25) is 5.43 Å². The van der Waals surface area contributed by atoms with Crippen LogP contribution < -0.4 is 10.2 Å². The minimum Gasteiger partial charge on any atom is -0.508 e. The second-order valence-corrected chi connectivity index (χ2v) is 3.69. The van der Waals surface area contributed by atoms with Crippen molar-refractivity contribution in [1.82, 2.24) is 9.78 Å². The third-order valence-corrected chi connectivity index (χ3v) is 2.45. The summed E-state index contributed by atoms with van der Waals surface area (Å²) in [7, 11) is 1.35. The van der Waals surface area contributed by atoms with Gasteiger partial charge in [-0.05, 0) is 19.1 Å². The maximum atomic E-state index is 13.7. The van der Waals surface area contributed by atoms with E-state index in [0.717, 1.165) is 6.07 Å². The fraction of sp³-hybridized carbons (Fsp3) is 0.167. The molecule has 94 valence electrons. The Morgan fingerprint density at radius 2 is 2.17 bits per heavy atom. The average molecular weight is 250 g/mol. The molecule has 18 heavy (non-hydrogen) atoms. The number of phenols is 1. The van der Waals surface area contributed by atoms with E-state index in [1.807, 2.05) is 0 Å². The molecule has 0 saturated carbocycles. The van der Waals surface area contributed by atoms with Gasteiger partial charge < -0.3 is 9.84 Å². The molecule has 2 rings (SSSR count). The van der Waals surface area contributed by atoms with Crippen molar-refractivity contribution < 1.29 is 14.2 Å². The monoisotopic (exact) mass is 250 g/mol. The first-order valence-electron chi connectivity index (χ1n) is 5.16. The van der Waals surface area contributed by atoms with Crippen LogP contribution in [0, 0.1) is 12.7 Å². The number of halogens is 1.